The number of hydrogen-bond donors (Lipinski definition) is 1. The van der Waals surface area contributed by atoms with Crippen molar-refractivity contribution in [2.24, 2.45) is 5.92 Å². The molecular weight excluding hydrogens is 323 g/mol. The van der Waals surface area contributed by atoms with Gasteiger partial charge in [-0.25, -0.2) is 4.39 Å². The van der Waals surface area contributed by atoms with Crippen molar-refractivity contribution in [1.29, 1.82) is 0 Å². The van der Waals surface area contributed by atoms with Crippen LogP contribution >= 0.6 is 15.9 Å². The fourth-order valence-electron chi connectivity index (χ4n) is 2.65. The number of nitrogens with zero attached hydrogens (tertiary/aromatic N) is 1. The van der Waals surface area contributed by atoms with Crippen molar-refractivity contribution >= 4 is 21.8 Å². The lowest BCUT2D eigenvalue weighted by molar-refractivity contribution is -0.130. The fraction of sp³-hybridized carbons (Fsp3) is 0.533. The molecule has 3 nitrogen and oxygen atoms in total. The lowest BCUT2D eigenvalue weighted by Gasteiger charge is -2.37. The molecule has 1 aromatic rings. The molecular formula is C15H20BrFN2O. The largest absolute Gasteiger partial charge is 0.343 e. The molecule has 1 aromatic carbocycles. The standard InChI is InChI=1S/C15H20BrFN2O/c1-10-9-19(11(2)20)6-5-15(10)18-8-12-7-13(16)3-4-14(12)17/h3-4,7,10,15,18H,5-6,8-9H2,1-2H3. The summed E-state index contributed by atoms with van der Waals surface area (Å²) in [6.07, 6.45) is 0.913. The average Bonchev–Trinajstić information content (AvgIpc) is 2.40. The van der Waals surface area contributed by atoms with Crippen molar-refractivity contribution in [3.05, 3.63) is 34.1 Å². The van der Waals surface area contributed by atoms with Gasteiger partial charge in [-0.2, -0.15) is 0 Å². The summed E-state index contributed by atoms with van der Waals surface area (Å²) in [5.41, 5.74) is 0.667. The van der Waals surface area contributed by atoms with Gasteiger partial charge >= 0.3 is 0 Å². The Balaban J connectivity index is 1.91. The highest BCUT2D eigenvalue weighted by Crippen LogP contribution is 2.19. The molecule has 2 atom stereocenters. The summed E-state index contributed by atoms with van der Waals surface area (Å²) in [7, 11) is 0. The Morgan fingerprint density at radius 1 is 1.55 bits per heavy atom. The molecule has 0 aliphatic carbocycles. The number of nitrogens with one attached hydrogen (secondary N) is 1. The highest BCUT2D eigenvalue weighted by Gasteiger charge is 2.26. The second-order valence-corrected chi connectivity index (χ2v) is 6.37. The molecule has 0 bridgehead atoms. The number of rotatable bonds is 3. The fourth-order valence-corrected chi connectivity index (χ4v) is 3.06. The van der Waals surface area contributed by atoms with E-state index in [0.29, 0.717) is 24.1 Å². The molecule has 110 valence electrons. The second kappa shape index (κ2) is 6.68. The van der Waals surface area contributed by atoms with Gasteiger partial charge in [-0.1, -0.05) is 22.9 Å². The summed E-state index contributed by atoms with van der Waals surface area (Å²) < 4.78 is 14.6. The van der Waals surface area contributed by atoms with Crippen molar-refractivity contribution in [2.45, 2.75) is 32.9 Å². The van der Waals surface area contributed by atoms with Gasteiger partial charge in [-0.05, 0) is 30.5 Å². The number of piperidine rings is 1. The van der Waals surface area contributed by atoms with Gasteiger partial charge in [0.05, 0.1) is 0 Å². The number of likely N-dealkylation sites (tertiary alicyclic amines) is 1. The average molecular weight is 343 g/mol. The van der Waals surface area contributed by atoms with E-state index in [9.17, 15) is 9.18 Å². The third kappa shape index (κ3) is 3.79. The Morgan fingerprint density at radius 3 is 2.95 bits per heavy atom. The molecule has 1 N–H and O–H groups in total. The van der Waals surface area contributed by atoms with E-state index in [0.717, 1.165) is 24.0 Å². The van der Waals surface area contributed by atoms with Crippen LogP contribution in [0.15, 0.2) is 22.7 Å². The summed E-state index contributed by atoms with van der Waals surface area (Å²) in [5, 5.41) is 3.42. The first-order valence-corrected chi connectivity index (χ1v) is 7.69. The predicted octanol–water partition coefficient (Wildman–Crippen LogP) is 2.93. The Hall–Kier alpha value is -0.940. The zero-order valence-electron chi connectivity index (χ0n) is 11.8. The summed E-state index contributed by atoms with van der Waals surface area (Å²) >= 11 is 3.36. The van der Waals surface area contributed by atoms with Crippen LogP contribution in [0.1, 0.15) is 25.8 Å². The van der Waals surface area contributed by atoms with Gasteiger partial charge in [-0.15, -0.1) is 0 Å². The normalized spacial score (nSPS) is 22.9. The molecule has 1 aliphatic rings. The van der Waals surface area contributed by atoms with Crippen LogP contribution in [0.2, 0.25) is 0 Å². The molecule has 0 aromatic heterocycles. The van der Waals surface area contributed by atoms with Gasteiger partial charge in [0.1, 0.15) is 5.82 Å². The van der Waals surface area contributed by atoms with E-state index < -0.39 is 0 Å². The SMILES string of the molecule is CC(=O)N1CCC(NCc2cc(Br)ccc2F)C(C)C1. The Labute approximate surface area is 127 Å². The first-order chi connectivity index (χ1) is 9.47. The summed E-state index contributed by atoms with van der Waals surface area (Å²) in [6, 6.07) is 5.30. The minimum Gasteiger partial charge on any atom is -0.343 e. The molecule has 5 heteroatoms. The van der Waals surface area contributed by atoms with E-state index in [1.807, 2.05) is 4.90 Å². The van der Waals surface area contributed by atoms with Crippen LogP contribution in [0.5, 0.6) is 0 Å². The molecule has 0 saturated carbocycles. The van der Waals surface area contributed by atoms with Gasteiger partial charge in [0.2, 0.25) is 5.91 Å². The molecule has 20 heavy (non-hydrogen) atoms. The molecule has 0 spiro atoms. The van der Waals surface area contributed by atoms with Crippen molar-refractivity contribution < 1.29 is 9.18 Å². The number of benzene rings is 1. The van der Waals surface area contributed by atoms with Gasteiger partial charge in [0, 0.05) is 42.6 Å². The summed E-state index contributed by atoms with van der Waals surface area (Å²) in [5.74, 6) is 0.325. The Morgan fingerprint density at radius 2 is 2.30 bits per heavy atom. The van der Waals surface area contributed by atoms with E-state index in [1.165, 1.54) is 6.07 Å². The first kappa shape index (κ1) is 15.4. The summed E-state index contributed by atoms with van der Waals surface area (Å²) in [6.45, 7) is 5.80. The maximum atomic E-state index is 13.7. The molecule has 2 rings (SSSR count). The van der Waals surface area contributed by atoms with Crippen LogP contribution < -0.4 is 5.32 Å². The van der Waals surface area contributed by atoms with E-state index in [-0.39, 0.29) is 11.7 Å². The number of halogens is 2. The zero-order chi connectivity index (χ0) is 14.7. The maximum absolute atomic E-state index is 13.7. The Kier molecular flexibility index (Phi) is 5.16. The van der Waals surface area contributed by atoms with Crippen LogP contribution in [0.4, 0.5) is 4.39 Å². The Bertz CT molecular complexity index is 495. The monoisotopic (exact) mass is 342 g/mol. The van der Waals surface area contributed by atoms with Crippen LogP contribution in [0.25, 0.3) is 0 Å². The van der Waals surface area contributed by atoms with Crippen LogP contribution in [0, 0.1) is 11.7 Å². The number of hydrogen-bond acceptors (Lipinski definition) is 2. The van der Waals surface area contributed by atoms with E-state index in [4.69, 9.17) is 0 Å². The van der Waals surface area contributed by atoms with Crippen LogP contribution in [-0.2, 0) is 11.3 Å². The van der Waals surface area contributed by atoms with Crippen LogP contribution in [-0.4, -0.2) is 29.9 Å². The molecule has 0 radical (unpaired) electrons. The van der Waals surface area contributed by atoms with E-state index >= 15 is 0 Å². The number of amides is 1. The number of carbonyl (C=O) groups is 1. The van der Waals surface area contributed by atoms with Gasteiger partial charge in [0.25, 0.3) is 0 Å². The molecule has 1 heterocycles. The maximum Gasteiger partial charge on any atom is 0.219 e. The zero-order valence-corrected chi connectivity index (χ0v) is 13.4. The topological polar surface area (TPSA) is 32.3 Å². The van der Waals surface area contributed by atoms with Gasteiger partial charge in [-0.3, -0.25) is 4.79 Å². The lowest BCUT2D eigenvalue weighted by Crippen LogP contribution is -2.49. The van der Waals surface area contributed by atoms with E-state index in [1.54, 1.807) is 19.1 Å². The van der Waals surface area contributed by atoms with Gasteiger partial charge < -0.3 is 10.2 Å². The molecule has 2 unspecified atom stereocenters. The second-order valence-electron chi connectivity index (χ2n) is 5.45. The predicted molar refractivity (Wildman–Crippen MR) is 80.8 cm³/mol. The smallest absolute Gasteiger partial charge is 0.219 e. The van der Waals surface area contributed by atoms with Gasteiger partial charge in [0.15, 0.2) is 0 Å². The lowest BCUT2D eigenvalue weighted by atomic mass is 9.93. The van der Waals surface area contributed by atoms with Crippen molar-refractivity contribution in [3.8, 4) is 0 Å². The number of carbonyl (C=O) groups excluding carboxylic acids is 1. The van der Waals surface area contributed by atoms with Crippen molar-refractivity contribution in [2.75, 3.05) is 13.1 Å². The highest BCUT2D eigenvalue weighted by atomic mass is 79.9. The highest BCUT2D eigenvalue weighted by molar-refractivity contribution is 9.10. The quantitative estimate of drug-likeness (QED) is 0.915. The minimum absolute atomic E-state index is 0.133. The third-order valence-corrected chi connectivity index (χ3v) is 4.41. The third-order valence-electron chi connectivity index (χ3n) is 3.91. The summed E-state index contributed by atoms with van der Waals surface area (Å²) in [4.78, 5) is 13.2. The molecule has 1 fully saturated rings. The van der Waals surface area contributed by atoms with E-state index in [2.05, 4.69) is 28.2 Å². The van der Waals surface area contributed by atoms with Crippen LogP contribution in [0.3, 0.4) is 0 Å². The van der Waals surface area contributed by atoms with Crippen molar-refractivity contribution in [3.63, 3.8) is 0 Å². The van der Waals surface area contributed by atoms with Crippen molar-refractivity contribution in [1.82, 2.24) is 10.2 Å². The molecule has 1 aliphatic heterocycles. The first-order valence-electron chi connectivity index (χ1n) is 6.90. The molecule has 1 amide bonds. The minimum atomic E-state index is -0.186. The molecule has 1 saturated heterocycles.